The second-order valence-electron chi connectivity index (χ2n) is 25.1. The molecule has 0 saturated carbocycles. The number of hydrogen-bond donors (Lipinski definition) is 0. The van der Waals surface area contributed by atoms with Gasteiger partial charge in [0.25, 0.3) is 0 Å². The van der Waals surface area contributed by atoms with Gasteiger partial charge in [-0.1, -0.05) is 255 Å². The van der Waals surface area contributed by atoms with E-state index in [2.05, 4.69) is 345 Å². The first-order valence-electron chi connectivity index (χ1n) is 32.4. The molecule has 0 bridgehead atoms. The minimum atomic E-state index is -0.901. The normalized spacial score (nSPS) is 13.8. The second-order valence-corrected chi connectivity index (χ2v) is 25.1. The van der Waals surface area contributed by atoms with Crippen molar-refractivity contribution in [3.8, 4) is 44.5 Å². The van der Waals surface area contributed by atoms with E-state index in [-0.39, 0.29) is 0 Å². The Morgan fingerprint density at radius 1 is 0.370 bits per heavy atom. The van der Waals surface area contributed by atoms with Crippen LogP contribution in [0.3, 0.4) is 0 Å². The zero-order chi connectivity index (χ0) is 61.3. The van der Waals surface area contributed by atoms with E-state index in [0.717, 1.165) is 125 Å². The minimum Gasteiger partial charge on any atom is -0.455 e. The molecule has 92 heavy (non-hydrogen) atoms. The summed E-state index contributed by atoms with van der Waals surface area (Å²) >= 11 is 0. The number of nitrogens with zero attached hydrogens (tertiary/aromatic N) is 2. The number of hydrogen-bond acceptors (Lipinski definition) is 3. The van der Waals surface area contributed by atoms with Crippen molar-refractivity contribution in [1.29, 1.82) is 0 Å². The Bertz CT molecular complexity index is 5180. The third kappa shape index (κ3) is 9.26. The van der Waals surface area contributed by atoms with Gasteiger partial charge in [-0.2, -0.15) is 0 Å². The molecule has 1 aromatic heterocycles. The predicted octanol–water partition coefficient (Wildman–Crippen LogP) is 23.9. The zero-order valence-corrected chi connectivity index (χ0v) is 51.6. The molecule has 1 unspecified atom stereocenters. The summed E-state index contributed by atoms with van der Waals surface area (Å²) in [6, 6.07) is 120. The third-order valence-corrected chi connectivity index (χ3v) is 19.9. The molecule has 3 nitrogen and oxygen atoms in total. The second kappa shape index (κ2) is 22.7. The van der Waals surface area contributed by atoms with Gasteiger partial charge in [0.2, 0.25) is 0 Å². The molecule has 0 fully saturated rings. The summed E-state index contributed by atoms with van der Waals surface area (Å²) in [5.74, 6) is 0.501. The Labute approximate surface area is 538 Å². The molecule has 0 aliphatic heterocycles. The average Bonchev–Trinajstić information content (AvgIpc) is 1.51. The number of fused-ring (bicyclic) bond motifs is 9. The van der Waals surface area contributed by atoms with Crippen LogP contribution in [0.15, 0.2) is 326 Å². The summed E-state index contributed by atoms with van der Waals surface area (Å²) < 4.78 is 7.57. The molecule has 2 aliphatic rings. The summed E-state index contributed by atoms with van der Waals surface area (Å²) in [5, 5.41) is 4.48. The van der Waals surface area contributed by atoms with Crippen LogP contribution in [0.2, 0.25) is 0 Å². The van der Waals surface area contributed by atoms with Gasteiger partial charge in [-0.05, 0) is 206 Å². The van der Waals surface area contributed by atoms with E-state index < -0.39 is 5.41 Å². The molecular formula is C89H66N2O. The topological polar surface area (TPSA) is 19.6 Å². The lowest BCUT2D eigenvalue weighted by atomic mass is 9.67. The highest BCUT2D eigenvalue weighted by atomic mass is 16.3. The molecule has 438 valence electrons. The monoisotopic (exact) mass is 1180 g/mol. The lowest BCUT2D eigenvalue weighted by Gasteiger charge is -2.36. The maximum absolute atomic E-state index is 7.57. The third-order valence-electron chi connectivity index (χ3n) is 19.9. The molecule has 0 radical (unpaired) electrons. The zero-order valence-electron chi connectivity index (χ0n) is 51.6. The van der Waals surface area contributed by atoms with E-state index in [9.17, 15) is 0 Å². The van der Waals surface area contributed by atoms with E-state index in [1.165, 1.54) is 55.5 Å². The largest absolute Gasteiger partial charge is 0.455 e. The van der Waals surface area contributed by atoms with Crippen LogP contribution in [0, 0.1) is 13.8 Å². The highest BCUT2D eigenvalue weighted by molar-refractivity contribution is 6.19. The van der Waals surface area contributed by atoms with Crippen molar-refractivity contribution >= 4 is 66.8 Å². The van der Waals surface area contributed by atoms with Crippen LogP contribution in [0.4, 0.5) is 34.1 Å². The number of anilines is 6. The van der Waals surface area contributed by atoms with Crippen LogP contribution in [0.5, 0.6) is 0 Å². The summed E-state index contributed by atoms with van der Waals surface area (Å²) in [6.45, 7) is 4.49. The molecule has 1 atom stereocenters. The Kier molecular flexibility index (Phi) is 13.5. The molecule has 17 rings (SSSR count). The van der Waals surface area contributed by atoms with Gasteiger partial charge in [-0.25, -0.2) is 0 Å². The summed E-state index contributed by atoms with van der Waals surface area (Å²) in [4.78, 5) is 5.03. The maximum Gasteiger partial charge on any atom is 0.145 e. The van der Waals surface area contributed by atoms with E-state index >= 15 is 0 Å². The number of benzene rings is 14. The van der Waals surface area contributed by atoms with Crippen molar-refractivity contribution in [3.05, 3.63) is 372 Å². The first kappa shape index (κ1) is 54.9. The van der Waals surface area contributed by atoms with Crippen molar-refractivity contribution in [2.24, 2.45) is 0 Å². The quantitative estimate of drug-likeness (QED) is 0.122. The first-order valence-corrected chi connectivity index (χ1v) is 32.4. The van der Waals surface area contributed by atoms with Gasteiger partial charge in [-0.3, -0.25) is 0 Å². The Balaban J connectivity index is 0.951. The fraction of sp³-hybridized carbons (Fsp3) is 0.0787. The predicted molar refractivity (Wildman–Crippen MR) is 385 cm³/mol. The van der Waals surface area contributed by atoms with E-state index in [1.807, 2.05) is 0 Å². The average molecular weight is 1180 g/mol. The Hall–Kier alpha value is -11.3. The number of rotatable bonds is 12. The first-order chi connectivity index (χ1) is 45.4. The van der Waals surface area contributed by atoms with Gasteiger partial charge in [0.15, 0.2) is 0 Å². The van der Waals surface area contributed by atoms with Crippen molar-refractivity contribution in [2.75, 3.05) is 9.80 Å². The van der Waals surface area contributed by atoms with Crippen LogP contribution in [0.25, 0.3) is 77.2 Å². The van der Waals surface area contributed by atoms with Gasteiger partial charge in [0.1, 0.15) is 11.2 Å². The van der Waals surface area contributed by atoms with Crippen LogP contribution in [-0.2, 0) is 18.3 Å². The molecular weight excluding hydrogens is 1110 g/mol. The highest BCUT2D eigenvalue weighted by Crippen LogP contribution is 2.62. The van der Waals surface area contributed by atoms with Crippen LogP contribution in [-0.4, -0.2) is 0 Å². The van der Waals surface area contributed by atoms with Gasteiger partial charge in [0, 0.05) is 39.4 Å². The molecule has 15 aromatic rings. The molecule has 0 amide bonds. The van der Waals surface area contributed by atoms with Crippen LogP contribution < -0.4 is 9.80 Å². The molecule has 0 spiro atoms. The summed E-state index contributed by atoms with van der Waals surface area (Å²) in [6.07, 6.45) is 3.17. The van der Waals surface area contributed by atoms with Crippen LogP contribution >= 0.6 is 0 Å². The highest BCUT2D eigenvalue weighted by Gasteiger charge is 2.49. The smallest absolute Gasteiger partial charge is 0.145 e. The molecule has 2 aliphatic carbocycles. The minimum absolute atomic E-state index is 0.501. The Morgan fingerprint density at radius 3 is 1.52 bits per heavy atom. The lowest BCUT2D eigenvalue weighted by molar-refractivity contribution is 0.585. The number of para-hydroxylation sites is 3. The van der Waals surface area contributed by atoms with Crippen molar-refractivity contribution in [2.45, 2.75) is 44.4 Å². The van der Waals surface area contributed by atoms with Gasteiger partial charge in [0.05, 0.1) is 16.5 Å². The number of aryl methyl sites for hydroxylation is 3. The summed E-state index contributed by atoms with van der Waals surface area (Å²) in [5.41, 5.74) is 28.0. The fourth-order valence-electron chi connectivity index (χ4n) is 15.4. The van der Waals surface area contributed by atoms with E-state index in [0.29, 0.717) is 5.92 Å². The van der Waals surface area contributed by atoms with Crippen molar-refractivity contribution in [1.82, 2.24) is 0 Å². The number of furan rings is 1. The molecule has 3 heteroatoms. The van der Waals surface area contributed by atoms with Crippen molar-refractivity contribution in [3.63, 3.8) is 0 Å². The molecule has 0 saturated heterocycles. The molecule has 14 aromatic carbocycles. The Morgan fingerprint density at radius 2 is 0.870 bits per heavy atom. The van der Waals surface area contributed by atoms with Crippen LogP contribution in [0.1, 0.15) is 62.4 Å². The van der Waals surface area contributed by atoms with Gasteiger partial charge in [-0.15, -0.1) is 0 Å². The maximum atomic E-state index is 7.57. The van der Waals surface area contributed by atoms with Gasteiger partial charge < -0.3 is 14.2 Å². The fourth-order valence-corrected chi connectivity index (χ4v) is 15.4. The molecule has 0 N–H and O–H groups in total. The standard InChI is InChI=1S/C89H66N2O/c1-59-21-15-18-32-82(59)90(75-49-43-69-53-67(35-37-71(69)55-75)63-27-11-5-12-28-63)77-51-52-78-80(57-77)89(73-45-39-65(40-46-73)61-23-7-3-8-24-61,74-47-41-66(42-48-74)62-25-9-4-10-26-62)81-58-84(87-79-31-17-20-34-85(79)92-88(87)86(78)81)91(83-33-19-16-22-60(83)2)76-50-44-70-54-68(36-38-72(70)56-76)64-29-13-6-14-30-64/h3-34,36,38-52,54-58,67H,35,37,53H2,1-2H3. The van der Waals surface area contributed by atoms with E-state index in [1.54, 1.807) is 0 Å². The SMILES string of the molecule is Cc1ccccc1N(c1ccc2c(c1)CCC(c1ccccc1)C2)c1ccc2c(c1)C(c1ccc(-c3ccccc3)cc1)(c1ccc(-c3ccccc3)cc1)c1cc(N(c3ccc4cc(-c5ccccc5)ccc4c3)c3ccccc3C)c3c(oc4ccccc43)c1-2. The lowest BCUT2D eigenvalue weighted by Crippen LogP contribution is -2.29. The van der Waals surface area contributed by atoms with Crippen molar-refractivity contribution < 1.29 is 4.42 Å². The van der Waals surface area contributed by atoms with Gasteiger partial charge >= 0.3 is 0 Å². The van der Waals surface area contributed by atoms with E-state index in [4.69, 9.17) is 4.42 Å². The molecule has 1 heterocycles. The summed E-state index contributed by atoms with van der Waals surface area (Å²) in [7, 11) is 0.